The lowest BCUT2D eigenvalue weighted by molar-refractivity contribution is -0.156. The van der Waals surface area contributed by atoms with Gasteiger partial charge >= 0.3 is 5.97 Å². The van der Waals surface area contributed by atoms with E-state index in [2.05, 4.69) is 5.32 Å². The van der Waals surface area contributed by atoms with Gasteiger partial charge in [-0.3, -0.25) is 4.79 Å². The summed E-state index contributed by atoms with van der Waals surface area (Å²) in [4.78, 5) is 22.5. The lowest BCUT2D eigenvalue weighted by Crippen LogP contribution is -2.48. The normalized spacial score (nSPS) is 27.5. The highest BCUT2D eigenvalue weighted by Gasteiger charge is 2.35. The molecule has 98 valence electrons. The second kappa shape index (κ2) is 5.46. The average Bonchev–Trinajstić information content (AvgIpc) is 2.73. The molecule has 0 spiro atoms. The number of rotatable bonds is 5. The summed E-state index contributed by atoms with van der Waals surface area (Å²) in [5, 5.41) is 20.6. The highest BCUT2D eigenvalue weighted by atomic mass is 16.4. The second-order valence-electron chi connectivity index (χ2n) is 4.83. The van der Waals surface area contributed by atoms with Crippen molar-refractivity contribution in [3.63, 3.8) is 0 Å². The maximum atomic E-state index is 11.8. The van der Waals surface area contributed by atoms with Gasteiger partial charge in [-0.15, -0.1) is 0 Å². The number of hydrogen-bond acceptors (Lipinski definition) is 4. The lowest BCUT2D eigenvalue weighted by Gasteiger charge is -2.22. The third-order valence-corrected chi connectivity index (χ3v) is 3.37. The SMILES string of the molecule is CC(O)(CNC(=O)C1CCCC1CN)C(=O)O. The number of nitrogens with one attached hydrogen (secondary N) is 1. The highest BCUT2D eigenvalue weighted by molar-refractivity contribution is 5.81. The molecule has 0 radical (unpaired) electrons. The van der Waals surface area contributed by atoms with Gasteiger partial charge in [-0.25, -0.2) is 4.79 Å². The first-order chi connectivity index (χ1) is 7.88. The molecule has 0 bridgehead atoms. The summed E-state index contributed by atoms with van der Waals surface area (Å²) in [6, 6.07) is 0. The van der Waals surface area contributed by atoms with E-state index in [0.29, 0.717) is 6.54 Å². The van der Waals surface area contributed by atoms with E-state index in [4.69, 9.17) is 10.8 Å². The molecule has 0 aromatic rings. The van der Waals surface area contributed by atoms with Crippen LogP contribution >= 0.6 is 0 Å². The monoisotopic (exact) mass is 244 g/mol. The molecule has 0 aromatic heterocycles. The standard InChI is InChI=1S/C11H20N2O4/c1-11(17,10(15)16)6-13-9(14)8-4-2-3-7(8)5-12/h7-8,17H,2-6,12H2,1H3,(H,13,14)(H,15,16). The van der Waals surface area contributed by atoms with Crippen molar-refractivity contribution in [1.29, 1.82) is 0 Å². The van der Waals surface area contributed by atoms with Gasteiger partial charge in [-0.05, 0) is 32.2 Å². The molecule has 0 saturated heterocycles. The number of hydrogen-bond donors (Lipinski definition) is 4. The van der Waals surface area contributed by atoms with Gasteiger partial charge in [-0.2, -0.15) is 0 Å². The zero-order valence-corrected chi connectivity index (χ0v) is 9.98. The van der Waals surface area contributed by atoms with E-state index >= 15 is 0 Å². The van der Waals surface area contributed by atoms with Crippen LogP contribution in [-0.2, 0) is 9.59 Å². The topological polar surface area (TPSA) is 113 Å². The van der Waals surface area contributed by atoms with Gasteiger partial charge < -0.3 is 21.3 Å². The Labute approximate surface area is 100 Å². The molecule has 1 amide bonds. The Kier molecular flexibility index (Phi) is 4.47. The van der Waals surface area contributed by atoms with Gasteiger partial charge in [-0.1, -0.05) is 6.42 Å². The molecule has 0 heterocycles. The number of aliphatic hydroxyl groups is 1. The predicted octanol–water partition coefficient (Wildman–Crippen LogP) is -0.687. The van der Waals surface area contributed by atoms with Crippen molar-refractivity contribution >= 4 is 11.9 Å². The Balaban J connectivity index is 2.47. The van der Waals surface area contributed by atoms with Crippen LogP contribution in [0.4, 0.5) is 0 Å². The first kappa shape index (κ1) is 13.9. The third-order valence-electron chi connectivity index (χ3n) is 3.37. The molecule has 1 saturated carbocycles. The molecule has 17 heavy (non-hydrogen) atoms. The van der Waals surface area contributed by atoms with Crippen LogP contribution in [0.15, 0.2) is 0 Å². The van der Waals surface area contributed by atoms with Gasteiger partial charge in [0.2, 0.25) is 5.91 Å². The Bertz CT molecular complexity index is 304. The molecule has 3 atom stereocenters. The Morgan fingerprint density at radius 2 is 2.12 bits per heavy atom. The van der Waals surface area contributed by atoms with Crippen molar-refractivity contribution in [2.45, 2.75) is 31.8 Å². The van der Waals surface area contributed by atoms with Gasteiger partial charge in [0.05, 0.1) is 6.54 Å². The number of amides is 1. The Morgan fingerprint density at radius 3 is 2.65 bits per heavy atom. The maximum Gasteiger partial charge on any atom is 0.337 e. The fourth-order valence-corrected chi connectivity index (χ4v) is 2.13. The van der Waals surface area contributed by atoms with E-state index in [-0.39, 0.29) is 24.3 Å². The minimum Gasteiger partial charge on any atom is -0.479 e. The Morgan fingerprint density at radius 1 is 1.47 bits per heavy atom. The quantitative estimate of drug-likeness (QED) is 0.511. The summed E-state index contributed by atoms with van der Waals surface area (Å²) in [6.45, 7) is 1.34. The van der Waals surface area contributed by atoms with Crippen LogP contribution in [0.1, 0.15) is 26.2 Å². The molecule has 0 aromatic carbocycles. The van der Waals surface area contributed by atoms with Crippen molar-refractivity contribution in [3.8, 4) is 0 Å². The van der Waals surface area contributed by atoms with Crippen LogP contribution in [-0.4, -0.2) is 40.8 Å². The predicted molar refractivity (Wildman–Crippen MR) is 61.2 cm³/mol. The van der Waals surface area contributed by atoms with Crippen molar-refractivity contribution in [2.75, 3.05) is 13.1 Å². The van der Waals surface area contributed by atoms with Crippen molar-refractivity contribution in [2.24, 2.45) is 17.6 Å². The first-order valence-corrected chi connectivity index (χ1v) is 5.82. The number of nitrogens with two attached hydrogens (primary N) is 1. The van der Waals surface area contributed by atoms with E-state index in [1.165, 1.54) is 0 Å². The minimum absolute atomic E-state index is 0.149. The summed E-state index contributed by atoms with van der Waals surface area (Å²) >= 11 is 0. The van der Waals surface area contributed by atoms with E-state index in [9.17, 15) is 14.7 Å². The van der Waals surface area contributed by atoms with Crippen LogP contribution in [0.3, 0.4) is 0 Å². The number of carboxylic acid groups (broad SMARTS) is 1. The number of carbonyl (C=O) groups is 2. The average molecular weight is 244 g/mol. The molecule has 6 heteroatoms. The van der Waals surface area contributed by atoms with Crippen molar-refractivity contribution in [3.05, 3.63) is 0 Å². The summed E-state index contributed by atoms with van der Waals surface area (Å²) in [7, 11) is 0. The molecule has 1 rings (SSSR count). The summed E-state index contributed by atoms with van der Waals surface area (Å²) in [5.74, 6) is -1.53. The third kappa shape index (κ3) is 3.41. The van der Waals surface area contributed by atoms with Gasteiger partial charge in [0.25, 0.3) is 0 Å². The van der Waals surface area contributed by atoms with Gasteiger partial charge in [0.15, 0.2) is 5.60 Å². The second-order valence-corrected chi connectivity index (χ2v) is 4.83. The molecule has 1 fully saturated rings. The zero-order chi connectivity index (χ0) is 13.1. The highest BCUT2D eigenvalue weighted by Crippen LogP contribution is 2.30. The van der Waals surface area contributed by atoms with Crippen molar-refractivity contribution in [1.82, 2.24) is 5.32 Å². The minimum atomic E-state index is -1.92. The van der Waals surface area contributed by atoms with Crippen LogP contribution in [0.25, 0.3) is 0 Å². The molecule has 0 aliphatic heterocycles. The summed E-state index contributed by atoms with van der Waals surface area (Å²) in [5.41, 5.74) is 3.64. The molecule has 1 aliphatic carbocycles. The maximum absolute atomic E-state index is 11.8. The smallest absolute Gasteiger partial charge is 0.337 e. The summed E-state index contributed by atoms with van der Waals surface area (Å²) < 4.78 is 0. The molecule has 1 aliphatic rings. The molecule has 6 nitrogen and oxygen atoms in total. The van der Waals surface area contributed by atoms with Crippen LogP contribution in [0, 0.1) is 11.8 Å². The largest absolute Gasteiger partial charge is 0.479 e. The molecule has 3 unspecified atom stereocenters. The number of aliphatic carboxylic acids is 1. The number of carbonyl (C=O) groups excluding carboxylic acids is 1. The van der Waals surface area contributed by atoms with E-state index < -0.39 is 11.6 Å². The van der Waals surface area contributed by atoms with E-state index in [1.54, 1.807) is 0 Å². The van der Waals surface area contributed by atoms with Crippen LogP contribution < -0.4 is 11.1 Å². The fraction of sp³-hybridized carbons (Fsp3) is 0.818. The van der Waals surface area contributed by atoms with Crippen LogP contribution in [0.5, 0.6) is 0 Å². The van der Waals surface area contributed by atoms with Crippen molar-refractivity contribution < 1.29 is 19.8 Å². The van der Waals surface area contributed by atoms with E-state index in [1.807, 2.05) is 0 Å². The first-order valence-electron chi connectivity index (χ1n) is 5.82. The van der Waals surface area contributed by atoms with Gasteiger partial charge in [0.1, 0.15) is 0 Å². The summed E-state index contributed by atoms with van der Waals surface area (Å²) in [6.07, 6.45) is 2.68. The molecular formula is C11H20N2O4. The van der Waals surface area contributed by atoms with Gasteiger partial charge in [0, 0.05) is 5.92 Å². The number of carboxylic acids is 1. The Hall–Kier alpha value is -1.14. The van der Waals surface area contributed by atoms with E-state index in [0.717, 1.165) is 26.2 Å². The molecular weight excluding hydrogens is 224 g/mol. The zero-order valence-electron chi connectivity index (χ0n) is 9.98. The molecule has 5 N–H and O–H groups in total. The van der Waals surface area contributed by atoms with Crippen LogP contribution in [0.2, 0.25) is 0 Å². The lowest BCUT2D eigenvalue weighted by atomic mass is 9.95. The fourth-order valence-electron chi connectivity index (χ4n) is 2.13.